The lowest BCUT2D eigenvalue weighted by Gasteiger charge is -2.56. The minimum atomic E-state index is -0.456. The number of hydrogen-bond acceptors (Lipinski definition) is 4. The summed E-state index contributed by atoms with van der Waals surface area (Å²) in [4.78, 5) is 24.0. The number of hydrogen-bond donors (Lipinski definition) is 1. The predicted molar refractivity (Wildman–Crippen MR) is 48.5 cm³/mol. The van der Waals surface area contributed by atoms with Gasteiger partial charge in [0.25, 0.3) is 0 Å². The van der Waals surface area contributed by atoms with Crippen LogP contribution in [0.2, 0.25) is 0 Å². The molecule has 2 aliphatic heterocycles. The van der Waals surface area contributed by atoms with Crippen LogP contribution < -0.4 is 5.32 Å². The van der Waals surface area contributed by atoms with E-state index < -0.39 is 5.97 Å². The molecule has 0 radical (unpaired) electrons. The van der Waals surface area contributed by atoms with E-state index in [1.54, 1.807) is 4.90 Å². The van der Waals surface area contributed by atoms with Gasteiger partial charge in [0.05, 0.1) is 7.11 Å². The van der Waals surface area contributed by atoms with Gasteiger partial charge in [-0.25, -0.2) is 0 Å². The standard InChI is InChI=1S/C9H14N2O3/c1-14-8(13)2-7(12)11-5-9(6-11)3-10-4-9/h10H,2-6H2,1H3. The van der Waals surface area contributed by atoms with Crippen molar-refractivity contribution in [2.45, 2.75) is 6.42 Å². The van der Waals surface area contributed by atoms with Gasteiger partial charge in [0.2, 0.25) is 5.91 Å². The summed E-state index contributed by atoms with van der Waals surface area (Å²) in [6.45, 7) is 3.57. The van der Waals surface area contributed by atoms with E-state index in [-0.39, 0.29) is 12.3 Å². The van der Waals surface area contributed by atoms with Crippen molar-refractivity contribution in [3.8, 4) is 0 Å². The maximum atomic E-state index is 11.4. The van der Waals surface area contributed by atoms with Crippen molar-refractivity contribution in [1.29, 1.82) is 0 Å². The molecule has 14 heavy (non-hydrogen) atoms. The van der Waals surface area contributed by atoms with Gasteiger partial charge in [0.1, 0.15) is 6.42 Å². The summed E-state index contributed by atoms with van der Waals surface area (Å²) in [7, 11) is 1.29. The molecule has 0 aliphatic carbocycles. The molecule has 1 spiro atoms. The maximum Gasteiger partial charge on any atom is 0.315 e. The van der Waals surface area contributed by atoms with Gasteiger partial charge in [-0.3, -0.25) is 9.59 Å². The molecule has 0 aromatic carbocycles. The fourth-order valence-electron chi connectivity index (χ4n) is 1.95. The Balaban J connectivity index is 1.76. The zero-order chi connectivity index (χ0) is 10.2. The SMILES string of the molecule is COC(=O)CC(=O)N1CC2(CNC2)C1. The fourth-order valence-corrected chi connectivity index (χ4v) is 1.95. The molecule has 2 fully saturated rings. The second kappa shape index (κ2) is 3.24. The van der Waals surface area contributed by atoms with Gasteiger partial charge in [-0.05, 0) is 0 Å². The number of esters is 1. The molecule has 2 heterocycles. The lowest BCUT2D eigenvalue weighted by atomic mass is 9.74. The summed E-state index contributed by atoms with van der Waals surface area (Å²) >= 11 is 0. The molecule has 2 aliphatic rings. The number of nitrogens with zero attached hydrogens (tertiary/aromatic N) is 1. The third-order valence-electron chi connectivity index (χ3n) is 2.93. The van der Waals surface area contributed by atoms with E-state index in [0.717, 1.165) is 26.2 Å². The van der Waals surface area contributed by atoms with E-state index >= 15 is 0 Å². The monoisotopic (exact) mass is 198 g/mol. The summed E-state index contributed by atoms with van der Waals surface area (Å²) < 4.78 is 4.43. The number of ether oxygens (including phenoxy) is 1. The number of methoxy groups -OCH3 is 1. The quantitative estimate of drug-likeness (QED) is 0.456. The first-order chi connectivity index (χ1) is 6.65. The first kappa shape index (κ1) is 9.45. The van der Waals surface area contributed by atoms with Crippen LogP contribution in [0.1, 0.15) is 6.42 Å². The molecule has 2 saturated heterocycles. The van der Waals surface area contributed by atoms with Gasteiger partial charge in [-0.2, -0.15) is 0 Å². The normalized spacial score (nSPS) is 22.5. The molecule has 78 valence electrons. The molecule has 0 atom stereocenters. The molecule has 0 saturated carbocycles. The van der Waals surface area contributed by atoms with Crippen molar-refractivity contribution in [1.82, 2.24) is 10.2 Å². The summed E-state index contributed by atoms with van der Waals surface area (Å²) in [5.74, 6) is -0.572. The van der Waals surface area contributed by atoms with Crippen LogP contribution in [0.25, 0.3) is 0 Å². The van der Waals surface area contributed by atoms with Crippen LogP contribution in [0.3, 0.4) is 0 Å². The number of amides is 1. The predicted octanol–water partition coefficient (Wildman–Crippen LogP) is -1.02. The number of carbonyl (C=O) groups is 2. The third-order valence-corrected chi connectivity index (χ3v) is 2.93. The zero-order valence-corrected chi connectivity index (χ0v) is 8.21. The van der Waals surface area contributed by atoms with Crippen LogP contribution >= 0.6 is 0 Å². The van der Waals surface area contributed by atoms with Crippen LogP contribution in [0.4, 0.5) is 0 Å². The summed E-state index contributed by atoms with van der Waals surface area (Å²) in [6.07, 6.45) is -0.125. The zero-order valence-electron chi connectivity index (χ0n) is 8.21. The van der Waals surface area contributed by atoms with Gasteiger partial charge < -0.3 is 15.0 Å². The molecule has 0 unspecified atom stereocenters. The third kappa shape index (κ3) is 1.48. The fraction of sp³-hybridized carbons (Fsp3) is 0.778. The van der Waals surface area contributed by atoms with Crippen molar-refractivity contribution in [2.24, 2.45) is 5.41 Å². The van der Waals surface area contributed by atoms with Crippen molar-refractivity contribution in [3.63, 3.8) is 0 Å². The Hall–Kier alpha value is -1.10. The largest absolute Gasteiger partial charge is 0.469 e. The van der Waals surface area contributed by atoms with Crippen molar-refractivity contribution in [3.05, 3.63) is 0 Å². The van der Waals surface area contributed by atoms with Crippen LogP contribution in [0.5, 0.6) is 0 Å². The molecule has 0 bridgehead atoms. The molecule has 0 aromatic heterocycles. The van der Waals surface area contributed by atoms with E-state index in [2.05, 4.69) is 10.1 Å². The Kier molecular flexibility index (Phi) is 2.19. The van der Waals surface area contributed by atoms with Gasteiger partial charge in [0, 0.05) is 31.6 Å². The van der Waals surface area contributed by atoms with E-state index in [1.807, 2.05) is 0 Å². The van der Waals surface area contributed by atoms with E-state index in [0.29, 0.717) is 5.41 Å². The Morgan fingerprint density at radius 2 is 2.07 bits per heavy atom. The second-order valence-corrected chi connectivity index (χ2v) is 4.11. The average molecular weight is 198 g/mol. The Bertz CT molecular complexity index is 265. The van der Waals surface area contributed by atoms with Crippen molar-refractivity contribution < 1.29 is 14.3 Å². The minimum Gasteiger partial charge on any atom is -0.469 e. The lowest BCUT2D eigenvalue weighted by molar-refractivity contribution is -0.154. The number of nitrogens with one attached hydrogen (secondary N) is 1. The molecule has 0 aromatic rings. The second-order valence-electron chi connectivity index (χ2n) is 4.11. The van der Waals surface area contributed by atoms with Crippen LogP contribution in [-0.4, -0.2) is 50.1 Å². The summed E-state index contributed by atoms with van der Waals surface area (Å²) in [5, 5.41) is 3.19. The Morgan fingerprint density at radius 1 is 1.43 bits per heavy atom. The lowest BCUT2D eigenvalue weighted by Crippen LogP contribution is -2.72. The highest BCUT2D eigenvalue weighted by atomic mass is 16.5. The first-order valence-corrected chi connectivity index (χ1v) is 4.71. The Labute approximate surface area is 82.4 Å². The van der Waals surface area contributed by atoms with Crippen molar-refractivity contribution in [2.75, 3.05) is 33.3 Å². The summed E-state index contributed by atoms with van der Waals surface area (Å²) in [6, 6.07) is 0. The highest BCUT2D eigenvalue weighted by Gasteiger charge is 2.49. The number of carbonyl (C=O) groups excluding carboxylic acids is 2. The van der Waals surface area contributed by atoms with Gasteiger partial charge in [0.15, 0.2) is 0 Å². The minimum absolute atomic E-state index is 0.116. The smallest absolute Gasteiger partial charge is 0.315 e. The number of rotatable bonds is 2. The molecular formula is C9H14N2O3. The van der Waals surface area contributed by atoms with Crippen molar-refractivity contribution >= 4 is 11.9 Å². The number of likely N-dealkylation sites (tertiary alicyclic amines) is 1. The average Bonchev–Trinajstić information content (AvgIpc) is 1.98. The maximum absolute atomic E-state index is 11.4. The molecular weight excluding hydrogens is 184 g/mol. The van der Waals surface area contributed by atoms with Gasteiger partial charge in [-0.1, -0.05) is 0 Å². The van der Waals surface area contributed by atoms with E-state index in [4.69, 9.17) is 0 Å². The molecule has 2 rings (SSSR count). The first-order valence-electron chi connectivity index (χ1n) is 4.71. The van der Waals surface area contributed by atoms with Gasteiger partial charge in [-0.15, -0.1) is 0 Å². The molecule has 1 N–H and O–H groups in total. The van der Waals surface area contributed by atoms with E-state index in [1.165, 1.54) is 7.11 Å². The van der Waals surface area contributed by atoms with Crippen LogP contribution in [-0.2, 0) is 14.3 Å². The van der Waals surface area contributed by atoms with Crippen LogP contribution in [0.15, 0.2) is 0 Å². The summed E-state index contributed by atoms with van der Waals surface area (Å²) in [5.41, 5.74) is 0.325. The van der Waals surface area contributed by atoms with E-state index in [9.17, 15) is 9.59 Å². The van der Waals surface area contributed by atoms with Gasteiger partial charge >= 0.3 is 5.97 Å². The highest BCUT2D eigenvalue weighted by molar-refractivity contribution is 5.94. The molecule has 5 heteroatoms. The van der Waals surface area contributed by atoms with Crippen LogP contribution in [0, 0.1) is 5.41 Å². The topological polar surface area (TPSA) is 58.6 Å². The molecule has 5 nitrogen and oxygen atoms in total. The Morgan fingerprint density at radius 3 is 2.50 bits per heavy atom. The highest BCUT2D eigenvalue weighted by Crippen LogP contribution is 2.34. The molecule has 1 amide bonds.